The normalized spacial score (nSPS) is 23.8. The highest BCUT2D eigenvalue weighted by Gasteiger charge is 2.38. The molecule has 0 radical (unpaired) electrons. The van der Waals surface area contributed by atoms with E-state index in [1.54, 1.807) is 0 Å². The van der Waals surface area contributed by atoms with Crippen LogP contribution in [0, 0.1) is 0 Å². The Morgan fingerprint density at radius 1 is 0.833 bits per heavy atom. The summed E-state index contributed by atoms with van der Waals surface area (Å²) in [4.78, 5) is 31.5. The Morgan fingerprint density at radius 2 is 1.40 bits per heavy atom. The first-order chi connectivity index (χ1) is 14.6. The van der Waals surface area contributed by atoms with Gasteiger partial charge in [0.05, 0.1) is 26.3 Å². The molecule has 0 aromatic carbocycles. The topological polar surface area (TPSA) is 77.2 Å². The zero-order valence-electron chi connectivity index (χ0n) is 18.8. The van der Waals surface area contributed by atoms with Crippen LogP contribution in [0.5, 0.6) is 0 Å². The fourth-order valence-electron chi connectivity index (χ4n) is 5.00. The second-order valence-electron chi connectivity index (χ2n) is 9.06. The van der Waals surface area contributed by atoms with E-state index in [1.807, 2.05) is 0 Å². The number of nitrogens with zero attached hydrogens (tertiary/aromatic N) is 3. The largest absolute Gasteiger partial charge is 0.379 e. The van der Waals surface area contributed by atoms with Crippen LogP contribution in [0.3, 0.4) is 0 Å². The molecule has 0 unspecified atom stereocenters. The summed E-state index contributed by atoms with van der Waals surface area (Å²) in [5, 5.41) is 6.19. The maximum Gasteiger partial charge on any atom is 0.234 e. The molecule has 0 atom stereocenters. The van der Waals surface area contributed by atoms with E-state index in [9.17, 15) is 9.59 Å². The van der Waals surface area contributed by atoms with Crippen LogP contribution in [0.25, 0.3) is 0 Å². The molecule has 2 N–H and O–H groups in total. The number of hydrogen-bond donors (Lipinski definition) is 2. The monoisotopic (exact) mass is 423 g/mol. The number of ether oxygens (including phenoxy) is 1. The third-order valence-electron chi connectivity index (χ3n) is 6.85. The molecule has 30 heavy (non-hydrogen) atoms. The van der Waals surface area contributed by atoms with Crippen molar-refractivity contribution in [3.63, 3.8) is 0 Å². The summed E-state index contributed by atoms with van der Waals surface area (Å²) in [5.74, 6) is 0.228. The molecule has 2 amide bonds. The van der Waals surface area contributed by atoms with Gasteiger partial charge in [-0.15, -0.1) is 0 Å². The van der Waals surface area contributed by atoms with Crippen LogP contribution in [-0.2, 0) is 14.3 Å². The first-order valence-corrected chi connectivity index (χ1v) is 11.9. The minimum Gasteiger partial charge on any atom is -0.379 e. The van der Waals surface area contributed by atoms with E-state index < -0.39 is 0 Å². The van der Waals surface area contributed by atoms with Crippen molar-refractivity contribution in [1.82, 2.24) is 25.3 Å². The van der Waals surface area contributed by atoms with Crippen LogP contribution in [0.15, 0.2) is 0 Å². The van der Waals surface area contributed by atoms with Crippen molar-refractivity contribution in [1.29, 1.82) is 0 Å². The second-order valence-corrected chi connectivity index (χ2v) is 9.06. The molecule has 172 valence electrons. The molecule has 0 aromatic rings. The van der Waals surface area contributed by atoms with Crippen LogP contribution >= 0.6 is 0 Å². The van der Waals surface area contributed by atoms with Gasteiger partial charge in [-0.25, -0.2) is 0 Å². The predicted octanol–water partition coefficient (Wildman–Crippen LogP) is 0.282. The first-order valence-electron chi connectivity index (χ1n) is 11.9. The van der Waals surface area contributed by atoms with Gasteiger partial charge in [0.2, 0.25) is 11.8 Å². The SMILES string of the molecule is CCCNC(=O)CN1CCN(CC(=O)NCC2(N3CCOCC3)CCCCC2)CC1. The molecule has 1 saturated carbocycles. The molecular formula is C22H41N5O3. The summed E-state index contributed by atoms with van der Waals surface area (Å²) < 4.78 is 5.55. The molecule has 3 rings (SSSR count). The summed E-state index contributed by atoms with van der Waals surface area (Å²) in [6.07, 6.45) is 7.11. The zero-order valence-corrected chi connectivity index (χ0v) is 18.8. The molecule has 0 aromatic heterocycles. The molecule has 0 spiro atoms. The smallest absolute Gasteiger partial charge is 0.234 e. The van der Waals surface area contributed by atoms with Gasteiger partial charge >= 0.3 is 0 Å². The third kappa shape index (κ3) is 6.90. The average molecular weight is 424 g/mol. The number of carbonyl (C=O) groups excluding carboxylic acids is 2. The number of morpholine rings is 1. The number of hydrogen-bond acceptors (Lipinski definition) is 6. The molecule has 2 aliphatic heterocycles. The van der Waals surface area contributed by atoms with Crippen molar-refractivity contribution in [3.8, 4) is 0 Å². The molecule has 8 heteroatoms. The molecule has 1 aliphatic carbocycles. The van der Waals surface area contributed by atoms with Crippen LogP contribution in [0.1, 0.15) is 45.4 Å². The van der Waals surface area contributed by atoms with Crippen molar-refractivity contribution in [2.45, 2.75) is 51.0 Å². The summed E-state index contributed by atoms with van der Waals surface area (Å²) in [7, 11) is 0. The molecule has 3 fully saturated rings. The maximum atomic E-state index is 12.7. The lowest BCUT2D eigenvalue weighted by molar-refractivity contribution is -0.125. The number of piperazine rings is 1. The third-order valence-corrected chi connectivity index (χ3v) is 6.85. The van der Waals surface area contributed by atoms with Crippen molar-refractivity contribution < 1.29 is 14.3 Å². The van der Waals surface area contributed by atoms with Gasteiger partial charge in [0.15, 0.2) is 0 Å². The molecule has 2 saturated heterocycles. The summed E-state index contributed by atoms with van der Waals surface area (Å²) >= 11 is 0. The van der Waals surface area contributed by atoms with E-state index >= 15 is 0 Å². The van der Waals surface area contributed by atoms with Gasteiger partial charge in [0, 0.05) is 57.9 Å². The standard InChI is InChI=1S/C22H41N5O3/c1-2-8-23-20(28)17-25-9-11-26(12-10-25)18-21(29)24-19-22(6-4-3-5-7-22)27-13-15-30-16-14-27/h2-19H2,1H3,(H,23,28)(H,24,29). The van der Waals surface area contributed by atoms with Gasteiger partial charge in [-0.3, -0.25) is 24.3 Å². The molecular weight excluding hydrogens is 382 g/mol. The van der Waals surface area contributed by atoms with Crippen molar-refractivity contribution in [2.75, 3.05) is 78.7 Å². The second kappa shape index (κ2) is 12.0. The summed E-state index contributed by atoms with van der Waals surface area (Å²) in [5.41, 5.74) is 0.113. The Bertz CT molecular complexity index is 539. The lowest BCUT2D eigenvalue weighted by Crippen LogP contribution is -2.60. The van der Waals surface area contributed by atoms with Crippen LogP contribution in [0.2, 0.25) is 0 Å². The average Bonchev–Trinajstić information content (AvgIpc) is 2.79. The van der Waals surface area contributed by atoms with Gasteiger partial charge in [-0.05, 0) is 19.3 Å². The molecule has 3 aliphatic rings. The minimum absolute atomic E-state index is 0.101. The maximum absolute atomic E-state index is 12.7. The van der Waals surface area contributed by atoms with E-state index in [4.69, 9.17) is 4.74 Å². The van der Waals surface area contributed by atoms with E-state index in [1.165, 1.54) is 32.1 Å². The van der Waals surface area contributed by atoms with Gasteiger partial charge in [-0.2, -0.15) is 0 Å². The van der Waals surface area contributed by atoms with Crippen LogP contribution < -0.4 is 10.6 Å². The Balaban J connectivity index is 1.39. The van der Waals surface area contributed by atoms with Crippen molar-refractivity contribution in [3.05, 3.63) is 0 Å². The van der Waals surface area contributed by atoms with Crippen LogP contribution in [0.4, 0.5) is 0 Å². The fraction of sp³-hybridized carbons (Fsp3) is 0.909. The zero-order chi connectivity index (χ0) is 21.2. The number of rotatable bonds is 9. The van der Waals surface area contributed by atoms with E-state index in [-0.39, 0.29) is 17.4 Å². The Kier molecular flexibility index (Phi) is 9.36. The van der Waals surface area contributed by atoms with Crippen molar-refractivity contribution >= 4 is 11.8 Å². The van der Waals surface area contributed by atoms with Gasteiger partial charge in [0.1, 0.15) is 0 Å². The minimum atomic E-state index is 0.101. The molecule has 2 heterocycles. The number of carbonyl (C=O) groups is 2. The predicted molar refractivity (Wildman–Crippen MR) is 117 cm³/mol. The molecule has 0 bridgehead atoms. The quantitative estimate of drug-likeness (QED) is 0.555. The number of amides is 2. The lowest BCUT2D eigenvalue weighted by atomic mass is 9.79. The Labute approximate surface area is 181 Å². The van der Waals surface area contributed by atoms with Crippen LogP contribution in [-0.4, -0.2) is 111 Å². The highest BCUT2D eigenvalue weighted by Crippen LogP contribution is 2.33. The lowest BCUT2D eigenvalue weighted by Gasteiger charge is -2.48. The summed E-state index contributed by atoms with van der Waals surface area (Å²) in [6.45, 7) is 11.4. The van der Waals surface area contributed by atoms with E-state index in [0.29, 0.717) is 13.1 Å². The van der Waals surface area contributed by atoms with Gasteiger partial charge in [0.25, 0.3) is 0 Å². The highest BCUT2D eigenvalue weighted by molar-refractivity contribution is 5.78. The summed E-state index contributed by atoms with van der Waals surface area (Å²) in [6, 6.07) is 0. The molecule has 8 nitrogen and oxygen atoms in total. The van der Waals surface area contributed by atoms with Crippen molar-refractivity contribution in [2.24, 2.45) is 0 Å². The van der Waals surface area contributed by atoms with E-state index in [0.717, 1.165) is 72.0 Å². The number of nitrogens with one attached hydrogen (secondary N) is 2. The fourth-order valence-corrected chi connectivity index (χ4v) is 5.00. The van der Waals surface area contributed by atoms with Gasteiger partial charge < -0.3 is 15.4 Å². The van der Waals surface area contributed by atoms with Gasteiger partial charge in [-0.1, -0.05) is 26.2 Å². The first kappa shape index (κ1) is 23.4. The van der Waals surface area contributed by atoms with E-state index in [2.05, 4.69) is 32.3 Å². The Hall–Kier alpha value is -1.22. The highest BCUT2D eigenvalue weighted by atomic mass is 16.5. The Morgan fingerprint density at radius 3 is 1.97 bits per heavy atom.